The fraction of sp³-hybridized carbons (Fsp3) is 0.667. The Bertz CT molecular complexity index is 1810. The summed E-state index contributed by atoms with van der Waals surface area (Å²) in [5.41, 5.74) is -0.301. The van der Waals surface area contributed by atoms with E-state index in [1.807, 2.05) is 20.8 Å². The molecule has 0 bridgehead atoms. The van der Waals surface area contributed by atoms with E-state index >= 15 is 0 Å². The summed E-state index contributed by atoms with van der Waals surface area (Å²) in [4.78, 5) is 99.5. The number of rotatable bonds is 16. The normalized spacial score (nSPS) is 23.4. The quantitative estimate of drug-likeness (QED) is 0.156. The van der Waals surface area contributed by atoms with E-state index < -0.39 is 77.1 Å². The molecule has 1 saturated heterocycles. The van der Waals surface area contributed by atoms with Crippen molar-refractivity contribution in [3.63, 3.8) is 0 Å². The minimum absolute atomic E-state index is 0.00820. The van der Waals surface area contributed by atoms with E-state index in [9.17, 15) is 33.6 Å². The number of hydrogen-bond donors (Lipinski definition) is 5. The van der Waals surface area contributed by atoms with Gasteiger partial charge in [0, 0.05) is 32.1 Å². The predicted octanol–water partition coefficient (Wildman–Crippen LogP) is 3.25. The second kappa shape index (κ2) is 22.3. The van der Waals surface area contributed by atoms with Crippen LogP contribution < -0.4 is 31.3 Å². The van der Waals surface area contributed by atoms with Gasteiger partial charge in [-0.2, -0.15) is 0 Å². The summed E-state index contributed by atoms with van der Waals surface area (Å²) in [5.74, 6) is -0.137. The second-order valence-corrected chi connectivity index (χ2v) is 17.8. The summed E-state index contributed by atoms with van der Waals surface area (Å²) in [5, 5.41) is 14.6. The molecule has 0 aromatic heterocycles. The molecule has 15 nitrogen and oxygen atoms in total. The molecule has 0 radical (unpaired) electrons. The minimum atomic E-state index is -1.14. The molecular weight excluding hydrogens is 802 g/mol. The molecule has 2 saturated carbocycles. The Balaban J connectivity index is 1.62. The summed E-state index contributed by atoms with van der Waals surface area (Å²) in [6, 6.07) is -1.01. The van der Waals surface area contributed by atoms with E-state index in [0.717, 1.165) is 12.8 Å². The molecule has 3 aliphatic rings. The van der Waals surface area contributed by atoms with Gasteiger partial charge in [0.15, 0.2) is 0 Å². The lowest BCUT2D eigenvalue weighted by atomic mass is 9.98. The number of hydrogen-bond acceptors (Lipinski definition) is 8. The van der Waals surface area contributed by atoms with Crippen LogP contribution >= 0.6 is 11.6 Å². The minimum Gasteiger partial charge on any atom is -0.493 e. The lowest BCUT2D eigenvalue weighted by Gasteiger charge is -2.35. The first kappa shape index (κ1) is 48.8. The molecule has 0 unspecified atom stereocenters. The van der Waals surface area contributed by atoms with Crippen molar-refractivity contribution in [2.24, 2.45) is 17.3 Å². The number of ether oxygens (including phenoxy) is 1. The average Bonchev–Trinajstić information content (AvgIpc) is 4.17. The summed E-state index contributed by atoms with van der Waals surface area (Å²) in [6.07, 6.45) is 11.3. The maximum Gasteiger partial charge on any atom is 0.245 e. The highest BCUT2D eigenvalue weighted by atomic mass is 35.5. The number of halogens is 1. The molecule has 61 heavy (non-hydrogen) atoms. The van der Waals surface area contributed by atoms with Crippen molar-refractivity contribution >= 4 is 53.0 Å². The number of likely N-dealkylation sites (N-methyl/N-ethyl adjacent to an activating group) is 2. The van der Waals surface area contributed by atoms with Crippen molar-refractivity contribution in [1.29, 1.82) is 0 Å². The Morgan fingerprint density at radius 1 is 1.00 bits per heavy atom. The van der Waals surface area contributed by atoms with Crippen LogP contribution in [0.1, 0.15) is 111 Å². The molecule has 5 N–H and O–H groups in total. The van der Waals surface area contributed by atoms with Crippen LogP contribution in [0.15, 0.2) is 18.2 Å². The van der Waals surface area contributed by atoms with Gasteiger partial charge in [0.25, 0.3) is 0 Å². The second-order valence-electron chi connectivity index (χ2n) is 17.4. The topological polar surface area (TPSA) is 195 Å². The van der Waals surface area contributed by atoms with Crippen molar-refractivity contribution in [1.82, 2.24) is 36.4 Å². The summed E-state index contributed by atoms with van der Waals surface area (Å²) in [7, 11) is 2.97. The fourth-order valence-corrected chi connectivity index (χ4v) is 7.68. The van der Waals surface area contributed by atoms with Gasteiger partial charge in [0.1, 0.15) is 47.4 Å². The zero-order chi connectivity index (χ0) is 45.0. The van der Waals surface area contributed by atoms with Crippen molar-refractivity contribution in [3.05, 3.63) is 28.8 Å². The number of terminal acetylenes is 1. The number of nitrogens with one attached hydrogen (secondary N) is 5. The van der Waals surface area contributed by atoms with Crippen molar-refractivity contribution in [2.45, 2.75) is 148 Å². The highest BCUT2D eigenvalue weighted by Crippen LogP contribution is 2.45. The third-order valence-electron chi connectivity index (χ3n) is 11.8. The maximum absolute atomic E-state index is 14.6. The van der Waals surface area contributed by atoms with Crippen LogP contribution in [-0.2, 0) is 40.0 Å². The molecule has 7 amide bonds. The lowest BCUT2D eigenvalue weighted by Crippen LogP contribution is -2.60. The monoisotopic (exact) mass is 867 g/mol. The summed E-state index contributed by atoms with van der Waals surface area (Å²) >= 11 is 6.46. The fourth-order valence-electron chi connectivity index (χ4n) is 7.48. The average molecular weight is 869 g/mol. The molecule has 3 fully saturated rings. The standard InChI is InChI=1S/C45H66ClN7O8/c1-9-14-33-38(54)47-22-13-12-15-35(52(7)42(58)28(6)48-39(55)32(10-2)51-44(60)45(11-3)20-21-45)40(56)50-34(23-27(4)5)43(59)53(8)36(41(57)49-33)25-30-24-31(46)18-19-37(30)61-26-29-16-17-29/h3,18-19,24,27-29,32-36H,9-10,12-17,20-23,25-26H2,1-2,4-8H3,(H,47,54)(H,48,55)(H,49,57)(H,50,56)(H,51,60)/t28-,32-,33+,34-,35-,36-/m0/s1. The molecule has 4 rings (SSSR count). The SMILES string of the molecule is C#CC1(C(=O)N[C@@H](CC)C(=O)N[C@@H](C)C(=O)N(C)[C@H]2CCCCNC(=O)[C@@H](CCC)NC(=O)[C@H](Cc3cc(Cl)ccc3OCC3CC3)N(C)C(=O)[C@H](CC(C)C)NC2=O)CC1. The van der Waals surface area contributed by atoms with Gasteiger partial charge in [0.2, 0.25) is 41.4 Å². The van der Waals surface area contributed by atoms with Crippen LogP contribution in [0, 0.1) is 29.6 Å². The van der Waals surface area contributed by atoms with Gasteiger partial charge in [-0.25, -0.2) is 0 Å². The van der Waals surface area contributed by atoms with Crippen molar-refractivity contribution in [2.75, 3.05) is 27.2 Å². The molecule has 6 atom stereocenters. The number of nitrogens with zero attached hydrogens (tertiary/aromatic N) is 2. The van der Waals surface area contributed by atoms with Gasteiger partial charge < -0.3 is 41.1 Å². The van der Waals surface area contributed by atoms with Crippen molar-refractivity contribution < 1.29 is 38.3 Å². The number of benzene rings is 1. The molecule has 336 valence electrons. The first-order valence-electron chi connectivity index (χ1n) is 21.9. The van der Waals surface area contributed by atoms with Crippen LogP contribution in [-0.4, -0.2) is 115 Å². The van der Waals surface area contributed by atoms with Gasteiger partial charge in [-0.15, -0.1) is 6.42 Å². The van der Waals surface area contributed by atoms with E-state index in [1.165, 1.54) is 30.8 Å². The molecule has 2 aliphatic carbocycles. The lowest BCUT2D eigenvalue weighted by molar-refractivity contribution is -0.145. The van der Waals surface area contributed by atoms with E-state index in [-0.39, 0.29) is 44.1 Å². The first-order chi connectivity index (χ1) is 28.9. The molecular formula is C45H66ClN7O8. The third kappa shape index (κ3) is 13.6. The van der Waals surface area contributed by atoms with Crippen LogP contribution in [0.3, 0.4) is 0 Å². The van der Waals surface area contributed by atoms with Crippen LogP contribution in [0.4, 0.5) is 0 Å². The number of amides is 7. The van der Waals surface area contributed by atoms with Gasteiger partial charge in [-0.1, -0.05) is 51.6 Å². The predicted molar refractivity (Wildman–Crippen MR) is 232 cm³/mol. The van der Waals surface area contributed by atoms with E-state index in [4.69, 9.17) is 22.8 Å². The molecule has 1 aliphatic heterocycles. The maximum atomic E-state index is 14.6. The van der Waals surface area contributed by atoms with E-state index in [1.54, 1.807) is 25.1 Å². The highest BCUT2D eigenvalue weighted by Gasteiger charge is 2.49. The first-order valence-corrected chi connectivity index (χ1v) is 22.2. The zero-order valence-electron chi connectivity index (χ0n) is 36.9. The summed E-state index contributed by atoms with van der Waals surface area (Å²) in [6.45, 7) is 9.72. The van der Waals surface area contributed by atoms with Crippen LogP contribution in [0.25, 0.3) is 0 Å². The largest absolute Gasteiger partial charge is 0.493 e. The van der Waals surface area contributed by atoms with Gasteiger partial charge >= 0.3 is 0 Å². The Morgan fingerprint density at radius 3 is 2.30 bits per heavy atom. The molecule has 0 spiro atoms. The molecule has 1 aromatic carbocycles. The smallest absolute Gasteiger partial charge is 0.245 e. The number of carbonyl (C=O) groups is 7. The van der Waals surface area contributed by atoms with Crippen molar-refractivity contribution in [3.8, 4) is 18.1 Å². The Morgan fingerprint density at radius 2 is 1.69 bits per heavy atom. The highest BCUT2D eigenvalue weighted by molar-refractivity contribution is 6.30. The Labute approximate surface area is 365 Å². The van der Waals surface area contributed by atoms with E-state index in [2.05, 4.69) is 32.5 Å². The Hall–Kier alpha value is -4.84. The Kier molecular flexibility index (Phi) is 17.9. The van der Waals surface area contributed by atoms with Crippen LogP contribution in [0.5, 0.6) is 5.75 Å². The molecule has 1 heterocycles. The zero-order valence-corrected chi connectivity index (χ0v) is 37.6. The van der Waals surface area contributed by atoms with Gasteiger partial charge in [-0.3, -0.25) is 33.6 Å². The van der Waals surface area contributed by atoms with Gasteiger partial charge in [-0.05, 0) is 107 Å². The van der Waals surface area contributed by atoms with E-state index in [0.29, 0.717) is 67.4 Å². The third-order valence-corrected chi connectivity index (χ3v) is 12.0. The molecule has 16 heteroatoms. The number of carbonyl (C=O) groups excluding carboxylic acids is 7. The summed E-state index contributed by atoms with van der Waals surface area (Å²) < 4.78 is 6.16. The van der Waals surface area contributed by atoms with Crippen LogP contribution in [0.2, 0.25) is 5.02 Å². The van der Waals surface area contributed by atoms with Gasteiger partial charge in [0.05, 0.1) is 6.61 Å². The molecule has 1 aromatic rings.